The lowest BCUT2D eigenvalue weighted by Gasteiger charge is -2.25. The van der Waals surface area contributed by atoms with Gasteiger partial charge in [-0.1, -0.05) is 0 Å². The number of likely N-dealkylation sites (N-methyl/N-ethyl adjacent to an activating group) is 1. The zero-order valence-electron chi connectivity index (χ0n) is 11.4. The summed E-state index contributed by atoms with van der Waals surface area (Å²) in [6, 6.07) is 3.27. The lowest BCUT2D eigenvalue weighted by atomic mass is 10.2. The molecule has 19 heavy (non-hydrogen) atoms. The van der Waals surface area contributed by atoms with Crippen molar-refractivity contribution < 1.29 is 0 Å². The molecule has 1 unspecified atom stereocenters. The van der Waals surface area contributed by atoms with E-state index in [1.165, 1.54) is 12.8 Å². The Morgan fingerprint density at radius 2 is 2.32 bits per heavy atom. The molecule has 0 N–H and O–H groups in total. The van der Waals surface area contributed by atoms with E-state index in [9.17, 15) is 0 Å². The van der Waals surface area contributed by atoms with Crippen molar-refractivity contribution >= 4 is 22.6 Å². The zero-order valence-corrected chi connectivity index (χ0v) is 12.1. The normalized spacial score (nSPS) is 17.3. The van der Waals surface area contributed by atoms with E-state index in [-0.39, 0.29) is 0 Å². The Balaban J connectivity index is 1.90. The first-order valence-corrected chi connectivity index (χ1v) is 7.31. The van der Waals surface area contributed by atoms with Crippen molar-refractivity contribution in [1.82, 2.24) is 19.4 Å². The molecule has 1 saturated carbocycles. The molecule has 0 amide bonds. The predicted octanol–water partition coefficient (Wildman–Crippen LogP) is 2.65. The summed E-state index contributed by atoms with van der Waals surface area (Å²) >= 11 is 6.02. The number of imidazole rings is 1. The molecule has 2 aromatic heterocycles. The number of hydrogen-bond acceptors (Lipinski definition) is 3. The molecule has 4 nitrogen and oxygen atoms in total. The van der Waals surface area contributed by atoms with Gasteiger partial charge in [-0.05, 0) is 32.9 Å². The van der Waals surface area contributed by atoms with Crippen LogP contribution in [0.5, 0.6) is 0 Å². The van der Waals surface area contributed by atoms with Crippen LogP contribution in [-0.2, 0) is 12.4 Å². The first-order chi connectivity index (χ1) is 9.20. The molecule has 0 aliphatic heterocycles. The maximum atomic E-state index is 6.02. The van der Waals surface area contributed by atoms with Gasteiger partial charge in [0.05, 0.1) is 17.6 Å². The topological polar surface area (TPSA) is 34.0 Å². The summed E-state index contributed by atoms with van der Waals surface area (Å²) in [6.45, 7) is 3.19. The Bertz CT molecular complexity index is 576. The van der Waals surface area contributed by atoms with E-state index >= 15 is 0 Å². The van der Waals surface area contributed by atoms with E-state index in [0.29, 0.717) is 11.9 Å². The van der Waals surface area contributed by atoms with Crippen LogP contribution in [0.2, 0.25) is 0 Å². The fraction of sp³-hybridized carbons (Fsp3) is 0.571. The van der Waals surface area contributed by atoms with Crippen LogP contribution in [-0.4, -0.2) is 38.6 Å². The highest BCUT2D eigenvalue weighted by atomic mass is 35.5. The number of rotatable bonds is 5. The zero-order chi connectivity index (χ0) is 13.4. The Hall–Kier alpha value is -1.13. The maximum absolute atomic E-state index is 6.02. The minimum atomic E-state index is 0.439. The number of fused-ring (bicyclic) bond motifs is 1. The third-order valence-electron chi connectivity index (χ3n) is 4.01. The second kappa shape index (κ2) is 5.10. The standard InChI is InChI=1S/C14H19ClN4/c1-10(18(2)11-3-4-11)9-19-13-5-6-16-8-12(13)17-14(19)7-15/h5-6,8,10-11H,3-4,7,9H2,1-2H3. The van der Waals surface area contributed by atoms with Gasteiger partial charge < -0.3 is 4.57 Å². The van der Waals surface area contributed by atoms with Crippen molar-refractivity contribution in [2.75, 3.05) is 7.05 Å². The van der Waals surface area contributed by atoms with Crippen LogP contribution < -0.4 is 0 Å². The van der Waals surface area contributed by atoms with E-state index in [2.05, 4.69) is 33.4 Å². The predicted molar refractivity (Wildman–Crippen MR) is 77.3 cm³/mol. The van der Waals surface area contributed by atoms with Gasteiger partial charge >= 0.3 is 0 Å². The van der Waals surface area contributed by atoms with Crippen molar-refractivity contribution in [3.8, 4) is 0 Å². The van der Waals surface area contributed by atoms with Crippen LogP contribution in [0, 0.1) is 0 Å². The van der Waals surface area contributed by atoms with Gasteiger partial charge in [0.2, 0.25) is 0 Å². The van der Waals surface area contributed by atoms with Gasteiger partial charge in [0.25, 0.3) is 0 Å². The molecular formula is C14H19ClN4. The summed E-state index contributed by atoms with van der Waals surface area (Å²) in [5.41, 5.74) is 2.06. The lowest BCUT2D eigenvalue weighted by Crippen LogP contribution is -2.34. The van der Waals surface area contributed by atoms with Gasteiger partial charge in [0.1, 0.15) is 11.3 Å². The van der Waals surface area contributed by atoms with Crippen molar-refractivity contribution in [1.29, 1.82) is 0 Å². The molecule has 1 atom stereocenters. The highest BCUT2D eigenvalue weighted by molar-refractivity contribution is 6.16. The monoisotopic (exact) mass is 278 g/mol. The molecule has 1 aliphatic carbocycles. The molecule has 0 radical (unpaired) electrons. The third-order valence-corrected chi connectivity index (χ3v) is 4.25. The van der Waals surface area contributed by atoms with E-state index < -0.39 is 0 Å². The van der Waals surface area contributed by atoms with Gasteiger partial charge in [-0.3, -0.25) is 9.88 Å². The molecule has 2 heterocycles. The van der Waals surface area contributed by atoms with E-state index in [1.54, 1.807) is 6.20 Å². The first kappa shape index (κ1) is 12.9. The van der Waals surface area contributed by atoms with Crippen LogP contribution in [0.25, 0.3) is 11.0 Å². The molecule has 1 fully saturated rings. The minimum Gasteiger partial charge on any atom is -0.325 e. The van der Waals surface area contributed by atoms with Crippen LogP contribution in [0.3, 0.4) is 0 Å². The lowest BCUT2D eigenvalue weighted by molar-refractivity contribution is 0.226. The number of nitrogens with zero attached hydrogens (tertiary/aromatic N) is 4. The largest absolute Gasteiger partial charge is 0.325 e. The molecule has 0 saturated heterocycles. The van der Waals surface area contributed by atoms with Crippen molar-refractivity contribution in [3.05, 3.63) is 24.3 Å². The summed E-state index contributed by atoms with van der Waals surface area (Å²) in [7, 11) is 2.21. The molecular weight excluding hydrogens is 260 g/mol. The average molecular weight is 279 g/mol. The maximum Gasteiger partial charge on any atom is 0.124 e. The van der Waals surface area contributed by atoms with Crippen LogP contribution >= 0.6 is 11.6 Å². The molecule has 102 valence electrons. The Kier molecular flexibility index (Phi) is 3.46. The summed E-state index contributed by atoms with van der Waals surface area (Å²) in [5, 5.41) is 0. The van der Waals surface area contributed by atoms with Crippen LogP contribution in [0.4, 0.5) is 0 Å². The number of hydrogen-bond donors (Lipinski definition) is 0. The SMILES string of the molecule is CC(Cn1c(CCl)nc2cnccc21)N(C)C1CC1. The Labute approximate surface area is 118 Å². The molecule has 1 aliphatic rings. The highest BCUT2D eigenvalue weighted by Gasteiger charge is 2.29. The summed E-state index contributed by atoms with van der Waals surface area (Å²) in [6.07, 6.45) is 6.28. The Morgan fingerprint density at radius 1 is 1.53 bits per heavy atom. The molecule has 0 aromatic carbocycles. The van der Waals surface area contributed by atoms with E-state index in [1.807, 2.05) is 12.3 Å². The second-order valence-electron chi connectivity index (χ2n) is 5.38. The average Bonchev–Trinajstić information content (AvgIpc) is 3.22. The molecule has 0 spiro atoms. The number of aromatic nitrogens is 3. The Morgan fingerprint density at radius 3 is 3.00 bits per heavy atom. The smallest absolute Gasteiger partial charge is 0.124 e. The molecule has 5 heteroatoms. The van der Waals surface area contributed by atoms with Crippen molar-refractivity contribution in [2.24, 2.45) is 0 Å². The fourth-order valence-corrected chi connectivity index (χ4v) is 2.78. The second-order valence-corrected chi connectivity index (χ2v) is 5.65. The summed E-state index contributed by atoms with van der Waals surface area (Å²) < 4.78 is 2.23. The van der Waals surface area contributed by atoms with Crippen LogP contribution in [0.15, 0.2) is 18.5 Å². The van der Waals surface area contributed by atoms with Gasteiger partial charge in [-0.25, -0.2) is 4.98 Å². The first-order valence-electron chi connectivity index (χ1n) is 6.77. The number of pyridine rings is 1. The molecule has 0 bridgehead atoms. The van der Waals surface area contributed by atoms with E-state index in [0.717, 1.165) is 29.4 Å². The quantitative estimate of drug-likeness (QED) is 0.789. The summed E-state index contributed by atoms with van der Waals surface area (Å²) in [5.74, 6) is 1.37. The third kappa shape index (κ3) is 2.47. The van der Waals surface area contributed by atoms with Crippen molar-refractivity contribution in [2.45, 2.75) is 44.3 Å². The molecule has 2 aromatic rings. The molecule has 3 rings (SSSR count). The van der Waals surface area contributed by atoms with Crippen molar-refractivity contribution in [3.63, 3.8) is 0 Å². The highest BCUT2D eigenvalue weighted by Crippen LogP contribution is 2.28. The van der Waals surface area contributed by atoms with Gasteiger partial charge in [0.15, 0.2) is 0 Å². The van der Waals surface area contributed by atoms with Gasteiger partial charge in [-0.15, -0.1) is 11.6 Å². The summed E-state index contributed by atoms with van der Waals surface area (Å²) in [4.78, 5) is 11.1. The fourth-order valence-electron chi connectivity index (χ4n) is 2.57. The minimum absolute atomic E-state index is 0.439. The van der Waals surface area contributed by atoms with Crippen LogP contribution in [0.1, 0.15) is 25.6 Å². The number of alkyl halides is 1. The van der Waals surface area contributed by atoms with E-state index in [4.69, 9.17) is 11.6 Å². The van der Waals surface area contributed by atoms with Gasteiger partial charge in [-0.2, -0.15) is 0 Å². The number of halogens is 1. The van der Waals surface area contributed by atoms with Gasteiger partial charge in [0, 0.05) is 24.8 Å².